The number of carboxylic acids is 1. The lowest BCUT2D eigenvalue weighted by Gasteiger charge is -2.38. The minimum absolute atomic E-state index is 0.122. The summed E-state index contributed by atoms with van der Waals surface area (Å²) < 4.78 is 0. The fraction of sp³-hybridized carbons (Fsp3) is 0.429. The molecule has 0 aliphatic rings. The maximum atomic E-state index is 11.0. The molecule has 0 radical (unpaired) electrons. The lowest BCUT2D eigenvalue weighted by molar-refractivity contribution is -0.135. The van der Waals surface area contributed by atoms with Crippen LogP contribution >= 0.6 is 0 Å². The van der Waals surface area contributed by atoms with E-state index in [4.69, 9.17) is 10.4 Å². The molecule has 96 valence electrons. The maximum absolute atomic E-state index is 11.0. The average Bonchev–Trinajstić information content (AvgIpc) is 2.24. The molecular weight excluding hydrogens is 228 g/mol. The third-order valence-electron chi connectivity index (χ3n) is 2.73. The molecular formula is C14H18N2O2. The number of aryl methyl sites for hydroxylation is 1. The monoisotopic (exact) mass is 246 g/mol. The van der Waals surface area contributed by atoms with Crippen molar-refractivity contribution >= 4 is 11.7 Å². The molecule has 0 spiro atoms. The van der Waals surface area contributed by atoms with Crippen LogP contribution in [0, 0.1) is 18.3 Å². The molecule has 4 heteroatoms. The van der Waals surface area contributed by atoms with Crippen LogP contribution in [0.1, 0.15) is 31.9 Å². The first kappa shape index (κ1) is 14.0. The molecule has 0 heterocycles. The van der Waals surface area contributed by atoms with E-state index in [0.717, 1.165) is 5.56 Å². The van der Waals surface area contributed by atoms with Gasteiger partial charge < -0.3 is 10.0 Å². The fourth-order valence-electron chi connectivity index (χ4n) is 1.89. The van der Waals surface area contributed by atoms with E-state index < -0.39 is 5.97 Å². The Morgan fingerprint density at radius 3 is 2.50 bits per heavy atom. The minimum atomic E-state index is -0.905. The van der Waals surface area contributed by atoms with Gasteiger partial charge in [-0.2, -0.15) is 5.26 Å². The van der Waals surface area contributed by atoms with E-state index in [0.29, 0.717) is 11.3 Å². The van der Waals surface area contributed by atoms with E-state index in [-0.39, 0.29) is 12.1 Å². The molecule has 0 aliphatic heterocycles. The van der Waals surface area contributed by atoms with Gasteiger partial charge in [-0.1, -0.05) is 12.1 Å². The standard InChI is InChI=1S/C14H18N2O2/c1-10-6-5-7-11(8-15)13(10)16(9-12(17)18)14(2,3)4/h5-7H,9H2,1-4H3,(H,17,18). The molecule has 1 rings (SSSR count). The van der Waals surface area contributed by atoms with E-state index in [9.17, 15) is 4.79 Å². The van der Waals surface area contributed by atoms with Gasteiger partial charge in [-0.3, -0.25) is 4.79 Å². The molecule has 0 saturated heterocycles. The van der Waals surface area contributed by atoms with Crippen molar-refractivity contribution in [1.29, 1.82) is 5.26 Å². The number of rotatable bonds is 3. The van der Waals surface area contributed by atoms with Gasteiger partial charge in [0, 0.05) is 5.54 Å². The SMILES string of the molecule is Cc1cccc(C#N)c1N(CC(=O)O)C(C)(C)C. The van der Waals surface area contributed by atoms with Gasteiger partial charge in [-0.25, -0.2) is 0 Å². The number of benzene rings is 1. The highest BCUT2D eigenvalue weighted by Gasteiger charge is 2.27. The highest BCUT2D eigenvalue weighted by atomic mass is 16.4. The van der Waals surface area contributed by atoms with Crippen LogP contribution in [-0.4, -0.2) is 23.2 Å². The summed E-state index contributed by atoms with van der Waals surface area (Å²) in [5, 5.41) is 18.2. The van der Waals surface area contributed by atoms with E-state index in [1.165, 1.54) is 0 Å². The summed E-state index contributed by atoms with van der Waals surface area (Å²) in [5.74, 6) is -0.905. The third kappa shape index (κ3) is 3.01. The maximum Gasteiger partial charge on any atom is 0.323 e. The molecule has 0 unspecified atom stereocenters. The Morgan fingerprint density at radius 2 is 2.06 bits per heavy atom. The fourth-order valence-corrected chi connectivity index (χ4v) is 1.89. The topological polar surface area (TPSA) is 64.3 Å². The number of hydrogen-bond donors (Lipinski definition) is 1. The molecule has 0 bridgehead atoms. The third-order valence-corrected chi connectivity index (χ3v) is 2.73. The first-order valence-electron chi connectivity index (χ1n) is 5.76. The van der Waals surface area contributed by atoms with Crippen molar-refractivity contribution < 1.29 is 9.90 Å². The van der Waals surface area contributed by atoms with Crippen LogP contribution in [0.3, 0.4) is 0 Å². The van der Waals surface area contributed by atoms with Crippen molar-refractivity contribution in [3.63, 3.8) is 0 Å². The van der Waals surface area contributed by atoms with Crippen molar-refractivity contribution in [2.45, 2.75) is 33.2 Å². The summed E-state index contributed by atoms with van der Waals surface area (Å²) in [7, 11) is 0. The van der Waals surface area contributed by atoms with Gasteiger partial charge in [-0.15, -0.1) is 0 Å². The van der Waals surface area contributed by atoms with Gasteiger partial charge >= 0.3 is 5.97 Å². The zero-order chi connectivity index (χ0) is 13.9. The number of anilines is 1. The van der Waals surface area contributed by atoms with Gasteiger partial charge in [0.25, 0.3) is 0 Å². The second-order valence-electron chi connectivity index (χ2n) is 5.23. The van der Waals surface area contributed by atoms with E-state index in [1.807, 2.05) is 33.8 Å². The number of carboxylic acid groups (broad SMARTS) is 1. The van der Waals surface area contributed by atoms with Crippen LogP contribution in [0.5, 0.6) is 0 Å². The predicted molar refractivity (Wildman–Crippen MR) is 70.6 cm³/mol. The minimum Gasteiger partial charge on any atom is -0.480 e. The predicted octanol–water partition coefficient (Wildman–Crippen LogP) is 2.56. The Hall–Kier alpha value is -2.02. The first-order chi connectivity index (χ1) is 8.27. The van der Waals surface area contributed by atoms with E-state index >= 15 is 0 Å². The smallest absolute Gasteiger partial charge is 0.323 e. The summed E-state index contributed by atoms with van der Waals surface area (Å²) in [6.07, 6.45) is 0. The number of nitrogens with zero attached hydrogens (tertiary/aromatic N) is 2. The van der Waals surface area contributed by atoms with Crippen LogP contribution < -0.4 is 4.90 Å². The lowest BCUT2D eigenvalue weighted by Crippen LogP contribution is -2.45. The second kappa shape index (κ2) is 5.09. The summed E-state index contributed by atoms with van der Waals surface area (Å²) in [4.78, 5) is 12.8. The quantitative estimate of drug-likeness (QED) is 0.890. The molecule has 0 atom stereocenters. The summed E-state index contributed by atoms with van der Waals surface area (Å²) in [5.41, 5.74) is 1.75. The van der Waals surface area contributed by atoms with Crippen LogP contribution in [0.25, 0.3) is 0 Å². The summed E-state index contributed by atoms with van der Waals surface area (Å²) in [6, 6.07) is 7.53. The van der Waals surface area contributed by atoms with Crippen LogP contribution in [0.2, 0.25) is 0 Å². The molecule has 4 nitrogen and oxygen atoms in total. The van der Waals surface area contributed by atoms with Crippen molar-refractivity contribution in [3.8, 4) is 6.07 Å². The highest BCUT2D eigenvalue weighted by Crippen LogP contribution is 2.30. The summed E-state index contributed by atoms with van der Waals surface area (Å²) >= 11 is 0. The Bertz CT molecular complexity index is 495. The number of aliphatic carboxylic acids is 1. The molecule has 0 amide bonds. The number of para-hydroxylation sites is 1. The van der Waals surface area contributed by atoms with Gasteiger partial charge in [0.1, 0.15) is 12.6 Å². The van der Waals surface area contributed by atoms with E-state index in [1.54, 1.807) is 17.0 Å². The molecule has 0 aromatic heterocycles. The number of carbonyl (C=O) groups is 1. The number of nitriles is 1. The average molecular weight is 246 g/mol. The number of hydrogen-bond acceptors (Lipinski definition) is 3. The van der Waals surface area contributed by atoms with E-state index in [2.05, 4.69) is 6.07 Å². The highest BCUT2D eigenvalue weighted by molar-refractivity contribution is 5.77. The van der Waals surface area contributed by atoms with Crippen molar-refractivity contribution in [2.75, 3.05) is 11.4 Å². The largest absolute Gasteiger partial charge is 0.480 e. The van der Waals surface area contributed by atoms with Gasteiger partial charge in [0.15, 0.2) is 0 Å². The molecule has 0 fully saturated rings. The van der Waals surface area contributed by atoms with Crippen molar-refractivity contribution in [2.24, 2.45) is 0 Å². The Balaban J connectivity index is 3.39. The Kier molecular flexibility index (Phi) is 3.97. The molecule has 0 saturated carbocycles. The second-order valence-corrected chi connectivity index (χ2v) is 5.23. The molecule has 1 N–H and O–H groups in total. The zero-order valence-corrected chi connectivity index (χ0v) is 11.2. The van der Waals surface area contributed by atoms with Crippen LogP contribution in [0.15, 0.2) is 18.2 Å². The van der Waals surface area contributed by atoms with Crippen LogP contribution in [-0.2, 0) is 4.79 Å². The molecule has 18 heavy (non-hydrogen) atoms. The summed E-state index contributed by atoms with van der Waals surface area (Å²) in [6.45, 7) is 7.57. The van der Waals surface area contributed by atoms with Crippen molar-refractivity contribution in [3.05, 3.63) is 29.3 Å². The van der Waals surface area contributed by atoms with Gasteiger partial charge in [0.2, 0.25) is 0 Å². The van der Waals surface area contributed by atoms with Crippen molar-refractivity contribution in [1.82, 2.24) is 0 Å². The van der Waals surface area contributed by atoms with Gasteiger partial charge in [-0.05, 0) is 39.3 Å². The lowest BCUT2D eigenvalue weighted by atomic mass is 10.00. The van der Waals surface area contributed by atoms with Gasteiger partial charge in [0.05, 0.1) is 11.3 Å². The molecule has 0 aliphatic carbocycles. The Labute approximate surface area is 107 Å². The Morgan fingerprint density at radius 1 is 1.44 bits per heavy atom. The van der Waals surface area contributed by atoms with Crippen LogP contribution in [0.4, 0.5) is 5.69 Å². The zero-order valence-electron chi connectivity index (χ0n) is 11.2. The molecule has 1 aromatic rings. The molecule has 1 aromatic carbocycles. The normalized spacial score (nSPS) is 10.8. The first-order valence-corrected chi connectivity index (χ1v) is 5.76.